The summed E-state index contributed by atoms with van der Waals surface area (Å²) in [5.41, 5.74) is 2.99. The van der Waals surface area contributed by atoms with Crippen LogP contribution >= 0.6 is 0 Å². The van der Waals surface area contributed by atoms with Gasteiger partial charge in [-0.3, -0.25) is 4.90 Å². The van der Waals surface area contributed by atoms with E-state index in [1.807, 2.05) is 4.90 Å². The zero-order valence-electron chi connectivity index (χ0n) is 16.9. The molecule has 2 N–H and O–H groups in total. The first-order valence-corrected chi connectivity index (χ1v) is 10.9. The molecule has 0 bridgehead atoms. The largest absolute Gasteiger partial charge is 0.393 e. The van der Waals surface area contributed by atoms with Gasteiger partial charge in [0.1, 0.15) is 0 Å². The van der Waals surface area contributed by atoms with Crippen molar-refractivity contribution in [3.8, 4) is 0 Å². The Labute approximate surface area is 168 Å². The average Bonchev–Trinajstić information content (AvgIpc) is 3.17. The van der Waals surface area contributed by atoms with Crippen LogP contribution in [0.25, 0.3) is 0 Å². The van der Waals surface area contributed by atoms with Crippen LogP contribution in [-0.4, -0.2) is 90.3 Å². The number of piperidine rings is 1. The highest BCUT2D eigenvalue weighted by molar-refractivity contribution is 5.74. The number of carbonyl (C=O) groups is 1. The van der Waals surface area contributed by atoms with Gasteiger partial charge in [-0.15, -0.1) is 0 Å². The number of nitrogens with zero attached hydrogens (tertiary/aromatic N) is 3. The topological polar surface area (TPSA) is 59.1 Å². The molecule has 1 aromatic rings. The van der Waals surface area contributed by atoms with E-state index in [9.17, 15) is 9.90 Å². The Hall–Kier alpha value is -1.63. The van der Waals surface area contributed by atoms with Gasteiger partial charge in [-0.1, -0.05) is 24.3 Å². The number of aliphatic hydroxyl groups excluding tert-OH is 1. The lowest BCUT2D eigenvalue weighted by Crippen LogP contribution is -2.54. The number of benzene rings is 1. The van der Waals surface area contributed by atoms with Gasteiger partial charge in [-0.05, 0) is 49.8 Å². The molecule has 2 saturated heterocycles. The second-order valence-electron chi connectivity index (χ2n) is 8.51. The first-order valence-electron chi connectivity index (χ1n) is 10.9. The fourth-order valence-corrected chi connectivity index (χ4v) is 4.84. The number of piperazine rings is 1. The van der Waals surface area contributed by atoms with Crippen molar-refractivity contribution >= 4 is 6.03 Å². The van der Waals surface area contributed by atoms with Gasteiger partial charge in [0.2, 0.25) is 0 Å². The first-order chi connectivity index (χ1) is 13.7. The lowest BCUT2D eigenvalue weighted by molar-refractivity contribution is 0.0819. The Balaban J connectivity index is 1.12. The maximum absolute atomic E-state index is 12.4. The summed E-state index contributed by atoms with van der Waals surface area (Å²) < 4.78 is 0. The van der Waals surface area contributed by atoms with Crippen LogP contribution in [0.1, 0.15) is 30.4 Å². The lowest BCUT2D eigenvalue weighted by Gasteiger charge is -2.38. The van der Waals surface area contributed by atoms with Crippen molar-refractivity contribution in [1.82, 2.24) is 20.0 Å². The van der Waals surface area contributed by atoms with Crippen molar-refractivity contribution in [1.29, 1.82) is 0 Å². The zero-order valence-corrected chi connectivity index (χ0v) is 16.9. The van der Waals surface area contributed by atoms with Gasteiger partial charge >= 0.3 is 6.03 Å². The normalized spacial score (nSPS) is 22.4. The highest BCUT2D eigenvalue weighted by Crippen LogP contribution is 2.26. The van der Waals surface area contributed by atoms with Crippen LogP contribution in [0.2, 0.25) is 0 Å². The number of likely N-dealkylation sites (tertiary alicyclic amines) is 1. The predicted molar refractivity (Wildman–Crippen MR) is 110 cm³/mol. The molecule has 6 heteroatoms. The molecule has 1 aromatic carbocycles. The summed E-state index contributed by atoms with van der Waals surface area (Å²) in [6.07, 6.45) is 4.91. The van der Waals surface area contributed by atoms with E-state index in [0.29, 0.717) is 6.04 Å². The molecular formula is C22H34N4O2. The van der Waals surface area contributed by atoms with E-state index in [0.717, 1.165) is 84.5 Å². The minimum atomic E-state index is -0.118. The number of nitrogens with one attached hydrogen (secondary N) is 1. The summed E-state index contributed by atoms with van der Waals surface area (Å²) in [6.45, 7) is 7.28. The van der Waals surface area contributed by atoms with Crippen molar-refractivity contribution in [3.05, 3.63) is 35.4 Å². The Kier molecular flexibility index (Phi) is 6.50. The standard InChI is InChI=1S/C22H34N4O2/c27-21-6-10-24(11-7-21)9-3-8-23-22(28)26-14-12-25(13-15-26)20-16-18-4-1-2-5-19(18)17-20/h1-2,4-5,20-21,27H,3,6-17H2,(H,23,28). The minimum absolute atomic E-state index is 0.0865. The molecule has 2 amide bonds. The number of hydrogen-bond donors (Lipinski definition) is 2. The van der Waals surface area contributed by atoms with E-state index in [-0.39, 0.29) is 12.1 Å². The third-order valence-corrected chi connectivity index (χ3v) is 6.63. The van der Waals surface area contributed by atoms with Gasteiger partial charge < -0.3 is 20.2 Å². The van der Waals surface area contributed by atoms with Crippen LogP contribution in [0.4, 0.5) is 4.79 Å². The highest BCUT2D eigenvalue weighted by atomic mass is 16.3. The summed E-state index contributed by atoms with van der Waals surface area (Å²) in [4.78, 5) is 19.4. The SMILES string of the molecule is O=C(NCCCN1CCC(O)CC1)N1CCN(C2Cc3ccccc3C2)CC1. The summed E-state index contributed by atoms with van der Waals surface area (Å²) >= 11 is 0. The summed E-state index contributed by atoms with van der Waals surface area (Å²) in [5.74, 6) is 0. The van der Waals surface area contributed by atoms with Crippen molar-refractivity contribution in [2.45, 2.75) is 44.2 Å². The van der Waals surface area contributed by atoms with Crippen LogP contribution in [0.15, 0.2) is 24.3 Å². The molecule has 1 aliphatic carbocycles. The van der Waals surface area contributed by atoms with Gasteiger partial charge in [-0.25, -0.2) is 4.79 Å². The van der Waals surface area contributed by atoms with E-state index < -0.39 is 0 Å². The van der Waals surface area contributed by atoms with Crippen LogP contribution in [0.3, 0.4) is 0 Å². The highest BCUT2D eigenvalue weighted by Gasteiger charge is 2.30. The number of hydrogen-bond acceptors (Lipinski definition) is 4. The van der Waals surface area contributed by atoms with Gasteiger partial charge in [0.05, 0.1) is 6.10 Å². The van der Waals surface area contributed by atoms with Gasteiger partial charge in [0, 0.05) is 51.9 Å². The van der Waals surface area contributed by atoms with Gasteiger partial charge in [0.25, 0.3) is 0 Å². The molecule has 2 heterocycles. The molecule has 4 rings (SSSR count). The second-order valence-corrected chi connectivity index (χ2v) is 8.51. The molecule has 0 atom stereocenters. The Bertz CT molecular complexity index is 627. The second kappa shape index (κ2) is 9.25. The van der Waals surface area contributed by atoms with E-state index in [4.69, 9.17) is 0 Å². The number of amides is 2. The fraction of sp³-hybridized carbons (Fsp3) is 0.682. The van der Waals surface area contributed by atoms with E-state index >= 15 is 0 Å². The molecule has 0 saturated carbocycles. The molecule has 154 valence electrons. The van der Waals surface area contributed by atoms with E-state index in [1.165, 1.54) is 11.1 Å². The van der Waals surface area contributed by atoms with Gasteiger partial charge in [-0.2, -0.15) is 0 Å². The molecule has 0 spiro atoms. The summed E-state index contributed by atoms with van der Waals surface area (Å²) in [5, 5.41) is 12.6. The van der Waals surface area contributed by atoms with Crippen molar-refractivity contribution < 1.29 is 9.90 Å². The third-order valence-electron chi connectivity index (χ3n) is 6.63. The number of fused-ring (bicyclic) bond motifs is 1. The van der Waals surface area contributed by atoms with E-state index in [1.54, 1.807) is 0 Å². The predicted octanol–water partition coefficient (Wildman–Crippen LogP) is 1.33. The number of aliphatic hydroxyl groups is 1. The van der Waals surface area contributed by atoms with Crippen LogP contribution < -0.4 is 5.32 Å². The van der Waals surface area contributed by atoms with E-state index in [2.05, 4.69) is 39.4 Å². The summed E-state index contributed by atoms with van der Waals surface area (Å²) in [6, 6.07) is 9.47. The molecule has 28 heavy (non-hydrogen) atoms. The maximum Gasteiger partial charge on any atom is 0.317 e. The zero-order chi connectivity index (χ0) is 19.3. The minimum Gasteiger partial charge on any atom is -0.393 e. The van der Waals surface area contributed by atoms with Crippen molar-refractivity contribution in [3.63, 3.8) is 0 Å². The Morgan fingerprint density at radius 1 is 1.00 bits per heavy atom. The fourth-order valence-electron chi connectivity index (χ4n) is 4.84. The molecule has 2 fully saturated rings. The molecule has 3 aliphatic rings. The lowest BCUT2D eigenvalue weighted by atomic mass is 10.1. The average molecular weight is 387 g/mol. The summed E-state index contributed by atoms with van der Waals surface area (Å²) in [7, 11) is 0. The molecule has 0 aromatic heterocycles. The molecule has 6 nitrogen and oxygen atoms in total. The number of rotatable bonds is 5. The number of urea groups is 1. The quantitative estimate of drug-likeness (QED) is 0.750. The van der Waals surface area contributed by atoms with Crippen LogP contribution in [-0.2, 0) is 12.8 Å². The Morgan fingerprint density at radius 3 is 2.29 bits per heavy atom. The smallest absolute Gasteiger partial charge is 0.317 e. The number of carbonyl (C=O) groups excluding carboxylic acids is 1. The van der Waals surface area contributed by atoms with Crippen LogP contribution in [0.5, 0.6) is 0 Å². The van der Waals surface area contributed by atoms with Crippen LogP contribution in [0, 0.1) is 0 Å². The third kappa shape index (κ3) is 4.85. The monoisotopic (exact) mass is 386 g/mol. The van der Waals surface area contributed by atoms with Gasteiger partial charge in [0.15, 0.2) is 0 Å². The first kappa shape index (κ1) is 19.7. The molecular weight excluding hydrogens is 352 g/mol. The Morgan fingerprint density at radius 2 is 1.64 bits per heavy atom. The molecule has 0 radical (unpaired) electrons. The van der Waals surface area contributed by atoms with Crippen molar-refractivity contribution in [2.75, 3.05) is 52.4 Å². The molecule has 0 unspecified atom stereocenters. The maximum atomic E-state index is 12.4. The molecule has 2 aliphatic heterocycles. The van der Waals surface area contributed by atoms with Crippen molar-refractivity contribution in [2.24, 2.45) is 0 Å².